The number of hydrogen-bond acceptors (Lipinski definition) is 8. The van der Waals surface area contributed by atoms with Crippen LogP contribution in [0.15, 0.2) is 29.3 Å². The third kappa shape index (κ3) is 7.13. The van der Waals surface area contributed by atoms with Crippen molar-refractivity contribution in [2.24, 2.45) is 4.99 Å². The molecule has 0 saturated heterocycles. The number of anilines is 1. The number of amides is 2. The van der Waals surface area contributed by atoms with Crippen LogP contribution in [0.3, 0.4) is 0 Å². The molecular weight excluding hydrogens is 543 g/mol. The van der Waals surface area contributed by atoms with Gasteiger partial charge < -0.3 is 19.4 Å². The Morgan fingerprint density at radius 2 is 1.87 bits per heavy atom. The van der Waals surface area contributed by atoms with E-state index in [1.807, 2.05) is 35.8 Å². The van der Waals surface area contributed by atoms with Crippen molar-refractivity contribution in [1.82, 2.24) is 4.57 Å². The average Bonchev–Trinajstić information content (AvgIpc) is 3.31. The van der Waals surface area contributed by atoms with E-state index in [0.29, 0.717) is 35.1 Å². The van der Waals surface area contributed by atoms with Gasteiger partial charge in [0.2, 0.25) is 5.91 Å². The molecule has 0 spiro atoms. The van der Waals surface area contributed by atoms with Crippen LogP contribution < -0.4 is 10.1 Å². The molecule has 11 heteroatoms. The van der Waals surface area contributed by atoms with E-state index in [0.717, 1.165) is 52.8 Å². The quantitative estimate of drug-likeness (QED) is 0.195. The van der Waals surface area contributed by atoms with Gasteiger partial charge in [0.25, 0.3) is 5.91 Å². The summed E-state index contributed by atoms with van der Waals surface area (Å²) in [5, 5.41) is 3.46. The lowest BCUT2D eigenvalue weighted by atomic mass is 10.1. The number of esters is 1. The first-order valence-corrected chi connectivity index (χ1v) is 15.7. The second kappa shape index (κ2) is 14.1. The van der Waals surface area contributed by atoms with Crippen molar-refractivity contribution >= 4 is 67.4 Å². The molecule has 2 heterocycles. The standard InChI is InChI=1S/C27H33N3O5S3/c1-3-34-15-14-30-19-11-8-9-13-21(19)38-27(30)29-23(32)17-36-16-22(31)28-25-24(26(33)35-4-2)18-10-6-5-7-12-20(18)37-25/h8-9,11,13H,3-7,10,12,14-17H2,1-2H3,(H,28,31). The Hall–Kier alpha value is -2.47. The van der Waals surface area contributed by atoms with Crippen molar-refractivity contribution in [1.29, 1.82) is 0 Å². The second-order valence-electron chi connectivity index (χ2n) is 8.74. The number of carbonyl (C=O) groups excluding carboxylic acids is 3. The van der Waals surface area contributed by atoms with Gasteiger partial charge in [0.05, 0.1) is 40.5 Å². The number of thiazole rings is 1. The number of aryl methyl sites for hydroxylation is 1. The molecular formula is C27H33N3O5S3. The molecule has 4 rings (SSSR count). The molecule has 38 heavy (non-hydrogen) atoms. The number of thiophene rings is 1. The van der Waals surface area contributed by atoms with Crippen molar-refractivity contribution in [3.63, 3.8) is 0 Å². The molecule has 204 valence electrons. The molecule has 1 aliphatic carbocycles. The minimum Gasteiger partial charge on any atom is -0.462 e. The highest BCUT2D eigenvalue weighted by atomic mass is 32.2. The molecule has 1 aromatic carbocycles. The molecule has 0 fully saturated rings. The van der Waals surface area contributed by atoms with Crippen LogP contribution in [0, 0.1) is 0 Å². The molecule has 0 bridgehead atoms. The van der Waals surface area contributed by atoms with Crippen LogP contribution in [0.4, 0.5) is 5.00 Å². The lowest BCUT2D eigenvalue weighted by Crippen LogP contribution is -2.20. The lowest BCUT2D eigenvalue weighted by molar-refractivity contribution is -0.115. The maximum atomic E-state index is 12.7. The van der Waals surface area contributed by atoms with E-state index in [1.54, 1.807) is 6.92 Å². The maximum absolute atomic E-state index is 12.7. The molecule has 0 unspecified atom stereocenters. The number of rotatable bonds is 11. The molecule has 0 aliphatic heterocycles. The fraction of sp³-hybridized carbons (Fsp3) is 0.481. The summed E-state index contributed by atoms with van der Waals surface area (Å²) in [5.41, 5.74) is 2.53. The minimum absolute atomic E-state index is 0.0821. The van der Waals surface area contributed by atoms with Gasteiger partial charge in [-0.3, -0.25) is 9.59 Å². The minimum atomic E-state index is -0.384. The summed E-state index contributed by atoms with van der Waals surface area (Å²) in [6, 6.07) is 7.94. The van der Waals surface area contributed by atoms with Crippen molar-refractivity contribution in [2.75, 3.05) is 36.6 Å². The zero-order valence-electron chi connectivity index (χ0n) is 21.7. The molecule has 3 aromatic rings. The first-order valence-electron chi connectivity index (χ1n) is 12.9. The first kappa shape index (κ1) is 28.5. The fourth-order valence-electron chi connectivity index (χ4n) is 4.41. The van der Waals surface area contributed by atoms with Gasteiger partial charge in [-0.15, -0.1) is 23.1 Å². The van der Waals surface area contributed by atoms with Gasteiger partial charge in [-0.05, 0) is 57.2 Å². The Kier molecular flexibility index (Phi) is 10.6. The van der Waals surface area contributed by atoms with Gasteiger partial charge in [0, 0.05) is 18.0 Å². The van der Waals surface area contributed by atoms with E-state index >= 15 is 0 Å². The number of nitrogens with one attached hydrogen (secondary N) is 1. The Bertz CT molecular complexity index is 1360. The Balaban J connectivity index is 1.40. The number of aromatic nitrogens is 1. The van der Waals surface area contributed by atoms with Crippen molar-refractivity contribution in [3.8, 4) is 0 Å². The summed E-state index contributed by atoms with van der Waals surface area (Å²) >= 11 is 4.14. The number of hydrogen-bond donors (Lipinski definition) is 1. The van der Waals surface area contributed by atoms with Crippen LogP contribution in [0.5, 0.6) is 0 Å². The highest BCUT2D eigenvalue weighted by Gasteiger charge is 2.26. The van der Waals surface area contributed by atoms with E-state index in [4.69, 9.17) is 9.47 Å². The topological polar surface area (TPSA) is 99.0 Å². The molecule has 2 amide bonds. The largest absolute Gasteiger partial charge is 0.462 e. The average molecular weight is 576 g/mol. The van der Waals surface area contributed by atoms with Gasteiger partial charge in [-0.2, -0.15) is 4.99 Å². The molecule has 1 aliphatic rings. The van der Waals surface area contributed by atoms with Gasteiger partial charge in [0.1, 0.15) is 5.00 Å². The normalized spacial score (nSPS) is 13.8. The highest BCUT2D eigenvalue weighted by Crippen LogP contribution is 2.38. The van der Waals surface area contributed by atoms with E-state index in [1.165, 1.54) is 34.4 Å². The third-order valence-corrected chi connectivity index (χ3v) is 9.27. The summed E-state index contributed by atoms with van der Waals surface area (Å²) in [6.45, 7) is 5.77. The van der Waals surface area contributed by atoms with E-state index < -0.39 is 0 Å². The van der Waals surface area contributed by atoms with E-state index in [9.17, 15) is 14.4 Å². The molecule has 1 N–H and O–H groups in total. The van der Waals surface area contributed by atoms with Crippen LogP contribution in [0.1, 0.15) is 53.9 Å². The zero-order chi connectivity index (χ0) is 26.9. The van der Waals surface area contributed by atoms with Crippen molar-refractivity contribution < 1.29 is 23.9 Å². The van der Waals surface area contributed by atoms with Crippen LogP contribution in [0.2, 0.25) is 0 Å². The second-order valence-corrected chi connectivity index (χ2v) is 11.8. The number of ether oxygens (including phenoxy) is 2. The van der Waals surface area contributed by atoms with Crippen LogP contribution in [-0.4, -0.2) is 53.7 Å². The number of benzene rings is 1. The molecule has 0 atom stereocenters. The fourth-order valence-corrected chi connectivity index (χ4v) is 7.37. The Morgan fingerprint density at radius 1 is 1.05 bits per heavy atom. The number of nitrogens with zero attached hydrogens (tertiary/aromatic N) is 2. The predicted octanol–water partition coefficient (Wildman–Crippen LogP) is 5.05. The Labute approximate surface area is 234 Å². The molecule has 2 aromatic heterocycles. The SMILES string of the molecule is CCOCCn1c(=NC(=O)CSCC(=O)Nc2sc3c(c2C(=O)OCC)CCCCC3)sc2ccccc21. The smallest absolute Gasteiger partial charge is 0.341 e. The maximum Gasteiger partial charge on any atom is 0.341 e. The van der Waals surface area contributed by atoms with Gasteiger partial charge in [-0.1, -0.05) is 29.9 Å². The predicted molar refractivity (Wildman–Crippen MR) is 154 cm³/mol. The van der Waals surface area contributed by atoms with Crippen molar-refractivity contribution in [2.45, 2.75) is 52.5 Å². The zero-order valence-corrected chi connectivity index (χ0v) is 24.2. The lowest BCUT2D eigenvalue weighted by Gasteiger charge is -2.08. The van der Waals surface area contributed by atoms with Gasteiger partial charge >= 0.3 is 5.97 Å². The van der Waals surface area contributed by atoms with Gasteiger partial charge in [-0.25, -0.2) is 4.79 Å². The highest BCUT2D eigenvalue weighted by molar-refractivity contribution is 8.00. The van der Waals surface area contributed by atoms with Gasteiger partial charge in [0.15, 0.2) is 4.80 Å². The monoisotopic (exact) mass is 575 g/mol. The van der Waals surface area contributed by atoms with Crippen LogP contribution >= 0.6 is 34.4 Å². The summed E-state index contributed by atoms with van der Waals surface area (Å²) in [4.78, 5) is 44.3. The number of thioether (sulfide) groups is 1. The molecule has 0 saturated carbocycles. The first-order chi connectivity index (χ1) is 18.5. The number of para-hydroxylation sites is 1. The number of fused-ring (bicyclic) bond motifs is 2. The third-order valence-electron chi connectivity index (χ3n) is 6.08. The summed E-state index contributed by atoms with van der Waals surface area (Å²) in [5.74, 6) is -0.764. The molecule has 0 radical (unpaired) electrons. The Morgan fingerprint density at radius 3 is 2.68 bits per heavy atom. The van der Waals surface area contributed by atoms with E-state index in [-0.39, 0.29) is 35.9 Å². The summed E-state index contributed by atoms with van der Waals surface area (Å²) < 4.78 is 13.9. The summed E-state index contributed by atoms with van der Waals surface area (Å²) in [7, 11) is 0. The van der Waals surface area contributed by atoms with Crippen LogP contribution in [0.25, 0.3) is 10.2 Å². The van der Waals surface area contributed by atoms with E-state index in [2.05, 4.69) is 10.3 Å². The molecule has 8 nitrogen and oxygen atoms in total. The van der Waals surface area contributed by atoms with Crippen LogP contribution in [-0.2, 0) is 38.4 Å². The number of carbonyl (C=O) groups is 3. The van der Waals surface area contributed by atoms with Crippen molar-refractivity contribution in [3.05, 3.63) is 45.1 Å². The summed E-state index contributed by atoms with van der Waals surface area (Å²) in [6.07, 6.45) is 4.97.